The summed E-state index contributed by atoms with van der Waals surface area (Å²) in [6.45, 7) is 4.13. The standard InChI is InChI=1S/C18H18N2O4/c1-10(2)17-19-24-18(22)20(17)9-13-8-16(21)23-15-7-12-5-3-4-11(12)6-14(13)15/h6-8,10H,3-5,9H2,1-2H3. The summed E-state index contributed by atoms with van der Waals surface area (Å²) in [4.78, 5) is 23.9. The Labute approximate surface area is 137 Å². The highest BCUT2D eigenvalue weighted by Crippen LogP contribution is 2.29. The molecule has 1 aliphatic carbocycles. The average molecular weight is 326 g/mol. The molecule has 0 saturated heterocycles. The average Bonchev–Trinajstić information content (AvgIpc) is 3.12. The third-order valence-electron chi connectivity index (χ3n) is 4.60. The fourth-order valence-corrected chi connectivity index (χ4v) is 3.44. The zero-order valence-corrected chi connectivity index (χ0v) is 13.7. The number of aromatic nitrogens is 2. The fraction of sp³-hybridized carbons (Fsp3) is 0.389. The molecule has 0 spiro atoms. The van der Waals surface area contributed by atoms with Crippen LogP contribution in [0.3, 0.4) is 0 Å². The number of hydrogen-bond acceptors (Lipinski definition) is 5. The van der Waals surface area contributed by atoms with Gasteiger partial charge in [-0.15, -0.1) is 0 Å². The van der Waals surface area contributed by atoms with Crippen molar-refractivity contribution in [3.8, 4) is 0 Å². The SMILES string of the molecule is CC(C)c1noc(=O)n1Cc1cc(=O)oc2cc3c(cc12)CCC3. The van der Waals surface area contributed by atoms with Crippen molar-refractivity contribution in [2.24, 2.45) is 0 Å². The molecule has 6 heteroatoms. The molecule has 0 amide bonds. The predicted octanol–water partition coefficient (Wildman–Crippen LogP) is 2.60. The Balaban J connectivity index is 1.90. The summed E-state index contributed by atoms with van der Waals surface area (Å²) in [5, 5.41) is 4.72. The second-order valence-electron chi connectivity index (χ2n) is 6.61. The van der Waals surface area contributed by atoms with Crippen molar-refractivity contribution in [3.05, 3.63) is 61.7 Å². The molecule has 0 atom stereocenters. The van der Waals surface area contributed by atoms with Gasteiger partial charge >= 0.3 is 11.4 Å². The van der Waals surface area contributed by atoms with Crippen molar-refractivity contribution in [2.75, 3.05) is 0 Å². The second kappa shape index (κ2) is 5.47. The van der Waals surface area contributed by atoms with Gasteiger partial charge in [-0.2, -0.15) is 0 Å². The third kappa shape index (κ3) is 2.38. The molecule has 6 nitrogen and oxygen atoms in total. The molecule has 1 aromatic carbocycles. The van der Waals surface area contributed by atoms with Crippen molar-refractivity contribution in [2.45, 2.75) is 45.6 Å². The quantitative estimate of drug-likeness (QED) is 0.691. The third-order valence-corrected chi connectivity index (χ3v) is 4.60. The molecule has 0 unspecified atom stereocenters. The van der Waals surface area contributed by atoms with Gasteiger partial charge in [-0.3, -0.25) is 9.09 Å². The highest BCUT2D eigenvalue weighted by atomic mass is 16.5. The van der Waals surface area contributed by atoms with E-state index in [1.165, 1.54) is 21.8 Å². The van der Waals surface area contributed by atoms with E-state index in [0.29, 0.717) is 11.4 Å². The Kier molecular flexibility index (Phi) is 3.40. The van der Waals surface area contributed by atoms with E-state index in [-0.39, 0.29) is 12.5 Å². The summed E-state index contributed by atoms with van der Waals surface area (Å²) in [6, 6.07) is 5.50. The Hall–Kier alpha value is -2.63. The molecule has 3 aromatic rings. The van der Waals surface area contributed by atoms with Crippen LogP contribution in [0.2, 0.25) is 0 Å². The summed E-state index contributed by atoms with van der Waals surface area (Å²) < 4.78 is 11.7. The lowest BCUT2D eigenvalue weighted by molar-refractivity contribution is 0.373. The molecule has 0 aliphatic heterocycles. The maximum atomic E-state index is 12.0. The van der Waals surface area contributed by atoms with Gasteiger partial charge < -0.3 is 4.42 Å². The van der Waals surface area contributed by atoms with Crippen molar-refractivity contribution < 1.29 is 8.94 Å². The maximum absolute atomic E-state index is 12.0. The van der Waals surface area contributed by atoms with E-state index in [9.17, 15) is 9.59 Å². The first-order chi connectivity index (χ1) is 11.5. The second-order valence-corrected chi connectivity index (χ2v) is 6.61. The number of rotatable bonds is 3. The van der Waals surface area contributed by atoms with Crippen LogP contribution in [0.5, 0.6) is 0 Å². The Morgan fingerprint density at radius 2 is 1.92 bits per heavy atom. The van der Waals surface area contributed by atoms with Crippen LogP contribution in [-0.2, 0) is 19.4 Å². The van der Waals surface area contributed by atoms with Crippen molar-refractivity contribution in [1.29, 1.82) is 0 Å². The van der Waals surface area contributed by atoms with Gasteiger partial charge in [-0.05, 0) is 48.1 Å². The van der Waals surface area contributed by atoms with Crippen molar-refractivity contribution in [1.82, 2.24) is 9.72 Å². The molecular weight excluding hydrogens is 308 g/mol. The van der Waals surface area contributed by atoms with Gasteiger partial charge in [0.05, 0.1) is 6.54 Å². The first-order valence-electron chi connectivity index (χ1n) is 8.18. The van der Waals surface area contributed by atoms with E-state index in [1.807, 2.05) is 19.9 Å². The highest BCUT2D eigenvalue weighted by Gasteiger charge is 2.18. The van der Waals surface area contributed by atoms with E-state index in [1.54, 1.807) is 0 Å². The van der Waals surface area contributed by atoms with E-state index in [0.717, 1.165) is 30.2 Å². The highest BCUT2D eigenvalue weighted by molar-refractivity contribution is 5.82. The number of aryl methyl sites for hydroxylation is 2. The normalized spacial score (nSPS) is 13.8. The molecular formula is C18H18N2O4. The van der Waals surface area contributed by atoms with Gasteiger partial charge in [0.25, 0.3) is 0 Å². The molecule has 24 heavy (non-hydrogen) atoms. The minimum atomic E-state index is -0.513. The van der Waals surface area contributed by atoms with Gasteiger partial charge in [0, 0.05) is 17.4 Å². The topological polar surface area (TPSA) is 78.2 Å². The lowest BCUT2D eigenvalue weighted by atomic mass is 10.0. The summed E-state index contributed by atoms with van der Waals surface area (Å²) in [5.41, 5.74) is 3.45. The maximum Gasteiger partial charge on any atom is 0.441 e. The molecule has 0 saturated carbocycles. The molecule has 4 rings (SSSR count). The van der Waals surface area contributed by atoms with E-state index < -0.39 is 11.4 Å². The largest absolute Gasteiger partial charge is 0.441 e. The number of fused-ring (bicyclic) bond motifs is 2. The number of benzene rings is 1. The lowest BCUT2D eigenvalue weighted by Gasteiger charge is -2.10. The lowest BCUT2D eigenvalue weighted by Crippen LogP contribution is -2.19. The van der Waals surface area contributed by atoms with Crippen LogP contribution in [0.1, 0.15) is 48.7 Å². The van der Waals surface area contributed by atoms with Crippen LogP contribution in [0.15, 0.2) is 36.7 Å². The van der Waals surface area contributed by atoms with Gasteiger partial charge in [0.1, 0.15) is 5.58 Å². The van der Waals surface area contributed by atoms with Gasteiger partial charge in [0.15, 0.2) is 5.82 Å². The van der Waals surface area contributed by atoms with Crippen LogP contribution in [-0.4, -0.2) is 9.72 Å². The zero-order chi connectivity index (χ0) is 16.8. The molecule has 1 aliphatic rings. The summed E-state index contributed by atoms with van der Waals surface area (Å²) in [6.07, 6.45) is 3.17. The molecule has 124 valence electrons. The van der Waals surface area contributed by atoms with Crippen LogP contribution in [0.25, 0.3) is 11.0 Å². The van der Waals surface area contributed by atoms with Crippen molar-refractivity contribution >= 4 is 11.0 Å². The van der Waals surface area contributed by atoms with Crippen LogP contribution in [0, 0.1) is 0 Å². The number of hydrogen-bond donors (Lipinski definition) is 0. The molecule has 0 fully saturated rings. The molecule has 0 N–H and O–H groups in total. The monoisotopic (exact) mass is 326 g/mol. The first kappa shape index (κ1) is 14.9. The number of nitrogens with zero attached hydrogens (tertiary/aromatic N) is 2. The fourth-order valence-electron chi connectivity index (χ4n) is 3.44. The van der Waals surface area contributed by atoms with Gasteiger partial charge in [-0.25, -0.2) is 9.59 Å². The Morgan fingerprint density at radius 1 is 1.17 bits per heavy atom. The Morgan fingerprint density at radius 3 is 2.67 bits per heavy atom. The summed E-state index contributed by atoms with van der Waals surface area (Å²) in [5.74, 6) is 0.107. The minimum Gasteiger partial charge on any atom is -0.423 e. The van der Waals surface area contributed by atoms with Crippen LogP contribution in [0.4, 0.5) is 0 Å². The molecule has 0 bridgehead atoms. The molecule has 2 aromatic heterocycles. The summed E-state index contributed by atoms with van der Waals surface area (Å²) >= 11 is 0. The summed E-state index contributed by atoms with van der Waals surface area (Å²) in [7, 11) is 0. The predicted molar refractivity (Wildman–Crippen MR) is 88.5 cm³/mol. The van der Waals surface area contributed by atoms with E-state index in [2.05, 4.69) is 11.2 Å². The zero-order valence-electron chi connectivity index (χ0n) is 13.7. The first-order valence-corrected chi connectivity index (χ1v) is 8.18. The molecule has 2 heterocycles. The van der Waals surface area contributed by atoms with Crippen molar-refractivity contribution in [3.63, 3.8) is 0 Å². The Bertz CT molecular complexity index is 1040. The molecule has 0 radical (unpaired) electrons. The van der Waals surface area contributed by atoms with Gasteiger partial charge in [0.2, 0.25) is 0 Å². The van der Waals surface area contributed by atoms with E-state index >= 15 is 0 Å². The van der Waals surface area contributed by atoms with Gasteiger partial charge in [-0.1, -0.05) is 19.0 Å². The van der Waals surface area contributed by atoms with Crippen LogP contribution >= 0.6 is 0 Å². The van der Waals surface area contributed by atoms with E-state index in [4.69, 9.17) is 8.94 Å². The van der Waals surface area contributed by atoms with Crippen LogP contribution < -0.4 is 11.4 Å². The smallest absolute Gasteiger partial charge is 0.423 e. The minimum absolute atomic E-state index is 0.0482.